The fourth-order valence-corrected chi connectivity index (χ4v) is 4.97. The standard InChI is InChI=1S/C18H23N3O4S/c1-12-7-13-8-15(3-4-17(13)25-12)26(22,23)20-14-5-6-24-18(9-14)16-10-19-11-21(16)2/h3-4,8,10-12,14,18,20H,5-7,9H2,1-2H3/t12-,14-,18-/m1/s1. The molecule has 0 bridgehead atoms. The van der Waals surface area contributed by atoms with E-state index in [0.29, 0.717) is 19.4 Å². The Morgan fingerprint density at radius 2 is 2.19 bits per heavy atom. The summed E-state index contributed by atoms with van der Waals surface area (Å²) in [5.74, 6) is 0.777. The Hall–Kier alpha value is -1.90. The zero-order chi connectivity index (χ0) is 18.3. The molecule has 1 N–H and O–H groups in total. The van der Waals surface area contributed by atoms with Gasteiger partial charge < -0.3 is 14.0 Å². The summed E-state index contributed by atoms with van der Waals surface area (Å²) in [6.07, 6.45) is 5.40. The second kappa shape index (κ2) is 6.68. The van der Waals surface area contributed by atoms with Crippen molar-refractivity contribution in [2.24, 2.45) is 7.05 Å². The normalized spacial score (nSPS) is 25.7. The van der Waals surface area contributed by atoms with E-state index in [0.717, 1.165) is 23.4 Å². The van der Waals surface area contributed by atoms with Crippen LogP contribution in [0.1, 0.15) is 37.1 Å². The molecule has 4 rings (SSSR count). The van der Waals surface area contributed by atoms with Gasteiger partial charge in [0.05, 0.1) is 23.1 Å². The number of fused-ring (bicyclic) bond motifs is 1. The van der Waals surface area contributed by atoms with Gasteiger partial charge in [-0.3, -0.25) is 0 Å². The lowest BCUT2D eigenvalue weighted by atomic mass is 10.0. The van der Waals surface area contributed by atoms with Gasteiger partial charge >= 0.3 is 0 Å². The van der Waals surface area contributed by atoms with Crippen molar-refractivity contribution in [3.63, 3.8) is 0 Å². The molecule has 8 heteroatoms. The van der Waals surface area contributed by atoms with E-state index in [1.165, 1.54) is 0 Å². The van der Waals surface area contributed by atoms with Crippen molar-refractivity contribution in [3.8, 4) is 5.75 Å². The Bertz CT molecular complexity index is 909. The predicted molar refractivity (Wildman–Crippen MR) is 95.5 cm³/mol. The molecule has 0 spiro atoms. The van der Waals surface area contributed by atoms with E-state index in [-0.39, 0.29) is 23.1 Å². The summed E-state index contributed by atoms with van der Waals surface area (Å²) in [7, 11) is -1.68. The summed E-state index contributed by atoms with van der Waals surface area (Å²) in [4.78, 5) is 4.41. The highest BCUT2D eigenvalue weighted by Gasteiger charge is 2.30. The molecule has 1 aromatic heterocycles. The molecular weight excluding hydrogens is 354 g/mol. The molecule has 3 atom stereocenters. The fourth-order valence-electron chi connectivity index (χ4n) is 3.64. The van der Waals surface area contributed by atoms with Crippen molar-refractivity contribution in [3.05, 3.63) is 42.0 Å². The van der Waals surface area contributed by atoms with Gasteiger partial charge in [0, 0.05) is 26.1 Å². The van der Waals surface area contributed by atoms with Gasteiger partial charge in [-0.2, -0.15) is 0 Å². The molecule has 2 aliphatic heterocycles. The van der Waals surface area contributed by atoms with Gasteiger partial charge in [-0.15, -0.1) is 0 Å². The van der Waals surface area contributed by atoms with Crippen LogP contribution in [-0.2, 0) is 28.2 Å². The molecule has 1 aromatic carbocycles. The average Bonchev–Trinajstić information content (AvgIpc) is 3.18. The average molecular weight is 377 g/mol. The number of benzene rings is 1. The van der Waals surface area contributed by atoms with Crippen molar-refractivity contribution in [1.82, 2.24) is 14.3 Å². The van der Waals surface area contributed by atoms with Crippen molar-refractivity contribution in [2.45, 2.75) is 49.3 Å². The first kappa shape index (κ1) is 17.5. The molecule has 0 amide bonds. The number of nitrogens with one attached hydrogen (secondary N) is 1. The van der Waals surface area contributed by atoms with Crippen LogP contribution in [0.4, 0.5) is 0 Å². The monoisotopic (exact) mass is 377 g/mol. The van der Waals surface area contributed by atoms with E-state index in [2.05, 4.69) is 9.71 Å². The number of imidazole rings is 1. The number of hydrogen-bond donors (Lipinski definition) is 1. The summed E-state index contributed by atoms with van der Waals surface area (Å²) in [5.41, 5.74) is 1.90. The summed E-state index contributed by atoms with van der Waals surface area (Å²) < 4.78 is 41.9. The molecule has 0 unspecified atom stereocenters. The number of ether oxygens (including phenoxy) is 2. The van der Waals surface area contributed by atoms with Crippen LogP contribution >= 0.6 is 0 Å². The molecule has 140 valence electrons. The van der Waals surface area contributed by atoms with E-state index < -0.39 is 10.0 Å². The number of sulfonamides is 1. The number of aryl methyl sites for hydroxylation is 1. The van der Waals surface area contributed by atoms with Gasteiger partial charge in [0.1, 0.15) is 18.0 Å². The smallest absolute Gasteiger partial charge is 0.240 e. The van der Waals surface area contributed by atoms with Crippen LogP contribution in [0.25, 0.3) is 0 Å². The van der Waals surface area contributed by atoms with Crippen LogP contribution < -0.4 is 9.46 Å². The van der Waals surface area contributed by atoms with E-state index in [1.807, 2.05) is 18.5 Å². The highest BCUT2D eigenvalue weighted by Crippen LogP contribution is 2.32. The van der Waals surface area contributed by atoms with Gasteiger partial charge in [-0.1, -0.05) is 0 Å². The van der Waals surface area contributed by atoms with Gasteiger partial charge in [0.25, 0.3) is 0 Å². The third kappa shape index (κ3) is 3.36. The maximum Gasteiger partial charge on any atom is 0.240 e. The number of hydrogen-bond acceptors (Lipinski definition) is 5. The topological polar surface area (TPSA) is 82.5 Å². The van der Waals surface area contributed by atoms with E-state index in [1.54, 1.807) is 30.7 Å². The lowest BCUT2D eigenvalue weighted by molar-refractivity contribution is -0.0000446. The maximum absolute atomic E-state index is 12.8. The molecule has 2 aliphatic rings. The second-order valence-corrected chi connectivity index (χ2v) is 8.75. The van der Waals surface area contributed by atoms with Crippen LogP contribution in [-0.4, -0.2) is 36.7 Å². The van der Waals surface area contributed by atoms with Crippen LogP contribution in [0.15, 0.2) is 35.6 Å². The Morgan fingerprint density at radius 3 is 2.96 bits per heavy atom. The molecule has 1 saturated heterocycles. The number of nitrogens with zero attached hydrogens (tertiary/aromatic N) is 2. The quantitative estimate of drug-likeness (QED) is 0.881. The number of rotatable bonds is 4. The first-order valence-corrected chi connectivity index (χ1v) is 10.3. The van der Waals surface area contributed by atoms with Crippen LogP contribution in [0.2, 0.25) is 0 Å². The highest BCUT2D eigenvalue weighted by atomic mass is 32.2. The van der Waals surface area contributed by atoms with Gasteiger partial charge in [0.2, 0.25) is 10.0 Å². The summed E-state index contributed by atoms with van der Waals surface area (Å²) in [6, 6.07) is 4.91. The van der Waals surface area contributed by atoms with Crippen LogP contribution in [0.5, 0.6) is 5.75 Å². The molecule has 0 saturated carbocycles. The number of aromatic nitrogens is 2. The van der Waals surface area contributed by atoms with E-state index in [9.17, 15) is 8.42 Å². The molecule has 0 radical (unpaired) electrons. The van der Waals surface area contributed by atoms with Gasteiger partial charge in [-0.25, -0.2) is 18.1 Å². The first-order valence-electron chi connectivity index (χ1n) is 8.82. The molecular formula is C18H23N3O4S. The van der Waals surface area contributed by atoms with Crippen molar-refractivity contribution in [1.29, 1.82) is 0 Å². The lowest BCUT2D eigenvalue weighted by Crippen LogP contribution is -2.40. The predicted octanol–water partition coefficient (Wildman–Crippen LogP) is 1.94. The zero-order valence-corrected chi connectivity index (χ0v) is 15.7. The Kier molecular flexibility index (Phi) is 4.50. The summed E-state index contributed by atoms with van der Waals surface area (Å²) >= 11 is 0. The molecule has 7 nitrogen and oxygen atoms in total. The molecule has 2 aromatic rings. The molecule has 26 heavy (non-hydrogen) atoms. The van der Waals surface area contributed by atoms with Crippen molar-refractivity contribution >= 4 is 10.0 Å². The lowest BCUT2D eigenvalue weighted by Gasteiger charge is -2.30. The van der Waals surface area contributed by atoms with Crippen LogP contribution in [0, 0.1) is 0 Å². The van der Waals surface area contributed by atoms with E-state index in [4.69, 9.17) is 9.47 Å². The molecule has 1 fully saturated rings. The third-order valence-electron chi connectivity index (χ3n) is 4.97. The van der Waals surface area contributed by atoms with Gasteiger partial charge in [0.15, 0.2) is 0 Å². The Morgan fingerprint density at radius 1 is 1.35 bits per heavy atom. The zero-order valence-electron chi connectivity index (χ0n) is 14.9. The Labute approximate surface area is 153 Å². The van der Waals surface area contributed by atoms with E-state index >= 15 is 0 Å². The maximum atomic E-state index is 12.8. The minimum atomic E-state index is -3.58. The third-order valence-corrected chi connectivity index (χ3v) is 6.49. The van der Waals surface area contributed by atoms with Gasteiger partial charge in [-0.05, 0) is 43.5 Å². The fraction of sp³-hybridized carbons (Fsp3) is 0.500. The largest absolute Gasteiger partial charge is 0.490 e. The van der Waals surface area contributed by atoms with Crippen molar-refractivity contribution in [2.75, 3.05) is 6.61 Å². The first-order chi connectivity index (χ1) is 12.4. The minimum Gasteiger partial charge on any atom is -0.490 e. The summed E-state index contributed by atoms with van der Waals surface area (Å²) in [6.45, 7) is 2.49. The molecule has 3 heterocycles. The SMILES string of the molecule is C[C@@H]1Cc2cc(S(=O)(=O)N[C@@H]3CCO[C@@H](c4cncn4C)C3)ccc2O1. The van der Waals surface area contributed by atoms with Crippen molar-refractivity contribution < 1.29 is 17.9 Å². The molecule has 0 aliphatic carbocycles. The minimum absolute atomic E-state index is 0.0889. The highest BCUT2D eigenvalue weighted by molar-refractivity contribution is 7.89. The summed E-state index contributed by atoms with van der Waals surface area (Å²) in [5, 5.41) is 0. The Balaban J connectivity index is 1.49. The second-order valence-electron chi connectivity index (χ2n) is 7.03. The van der Waals surface area contributed by atoms with Crippen LogP contribution in [0.3, 0.4) is 0 Å².